The molecule has 0 aromatic heterocycles. The van der Waals surface area contributed by atoms with Crippen LogP contribution in [0.1, 0.15) is 12.0 Å². The van der Waals surface area contributed by atoms with Gasteiger partial charge in [0.1, 0.15) is 0 Å². The van der Waals surface area contributed by atoms with Crippen LogP contribution in [0.25, 0.3) is 0 Å². The smallest absolute Gasteiger partial charge is 0.423 e. The summed E-state index contributed by atoms with van der Waals surface area (Å²) >= 11 is 0. The van der Waals surface area contributed by atoms with Gasteiger partial charge in [-0.05, 0) is 11.0 Å². The Morgan fingerprint density at radius 1 is 1.20 bits per heavy atom. The van der Waals surface area contributed by atoms with Crippen molar-refractivity contribution in [1.82, 2.24) is 0 Å². The molecule has 0 saturated heterocycles. The van der Waals surface area contributed by atoms with Crippen LogP contribution in [0.3, 0.4) is 0 Å². The Bertz CT molecular complexity index is 397. The highest BCUT2D eigenvalue weighted by Crippen LogP contribution is 2.62. The SMILES string of the molecule is OB(O)c1cccc(C2(F)CC2(F)F)c1. The molecule has 1 aromatic carbocycles. The molecule has 1 fully saturated rings. The van der Waals surface area contributed by atoms with Crippen LogP contribution < -0.4 is 5.46 Å². The Hall–Kier alpha value is -1.01. The van der Waals surface area contributed by atoms with Crippen molar-refractivity contribution in [1.29, 1.82) is 0 Å². The summed E-state index contributed by atoms with van der Waals surface area (Å²) in [5, 5.41) is 17.6. The molecule has 6 heteroatoms. The van der Waals surface area contributed by atoms with Gasteiger partial charge < -0.3 is 10.0 Å². The molecule has 1 aromatic rings. The van der Waals surface area contributed by atoms with E-state index in [9.17, 15) is 13.2 Å². The first-order chi connectivity index (χ1) is 6.87. The molecule has 0 spiro atoms. The first-order valence-corrected chi connectivity index (χ1v) is 4.40. The molecule has 1 saturated carbocycles. The molecule has 2 nitrogen and oxygen atoms in total. The van der Waals surface area contributed by atoms with Gasteiger partial charge in [-0.15, -0.1) is 0 Å². The van der Waals surface area contributed by atoms with Gasteiger partial charge >= 0.3 is 7.12 Å². The van der Waals surface area contributed by atoms with Crippen LogP contribution in [-0.4, -0.2) is 23.1 Å². The fraction of sp³-hybridized carbons (Fsp3) is 0.333. The van der Waals surface area contributed by atoms with Gasteiger partial charge in [-0.1, -0.05) is 24.3 Å². The van der Waals surface area contributed by atoms with E-state index in [1.165, 1.54) is 18.2 Å². The molecule has 0 bridgehead atoms. The lowest BCUT2D eigenvalue weighted by molar-refractivity contribution is 0.0421. The second-order valence-electron chi connectivity index (χ2n) is 3.68. The van der Waals surface area contributed by atoms with Gasteiger partial charge in [0.05, 0.1) is 6.42 Å². The summed E-state index contributed by atoms with van der Waals surface area (Å²) in [6.45, 7) is 0. The van der Waals surface area contributed by atoms with Crippen LogP contribution >= 0.6 is 0 Å². The van der Waals surface area contributed by atoms with E-state index in [0.29, 0.717) is 0 Å². The highest BCUT2D eigenvalue weighted by molar-refractivity contribution is 6.58. The first-order valence-electron chi connectivity index (χ1n) is 4.40. The molecule has 0 heterocycles. The second kappa shape index (κ2) is 2.99. The minimum atomic E-state index is -3.34. The quantitative estimate of drug-likeness (QED) is 0.709. The lowest BCUT2D eigenvalue weighted by Crippen LogP contribution is -2.30. The Kier molecular flexibility index (Phi) is 2.10. The van der Waals surface area contributed by atoms with Crippen molar-refractivity contribution in [3.63, 3.8) is 0 Å². The van der Waals surface area contributed by atoms with Crippen LogP contribution in [-0.2, 0) is 5.67 Å². The van der Waals surface area contributed by atoms with Crippen molar-refractivity contribution < 1.29 is 23.2 Å². The van der Waals surface area contributed by atoms with E-state index >= 15 is 0 Å². The third kappa shape index (κ3) is 1.53. The molecule has 0 amide bonds. The Labute approximate surface area is 84.5 Å². The summed E-state index contributed by atoms with van der Waals surface area (Å²) in [5.74, 6) is -3.34. The van der Waals surface area contributed by atoms with Crippen molar-refractivity contribution in [3.05, 3.63) is 29.8 Å². The highest BCUT2D eigenvalue weighted by atomic mass is 19.3. The zero-order valence-corrected chi connectivity index (χ0v) is 7.62. The summed E-state index contributed by atoms with van der Waals surface area (Å²) in [7, 11) is -1.78. The van der Waals surface area contributed by atoms with Gasteiger partial charge in [-0.3, -0.25) is 0 Å². The number of halogens is 3. The van der Waals surface area contributed by atoms with Gasteiger partial charge in [0.25, 0.3) is 5.92 Å². The highest BCUT2D eigenvalue weighted by Gasteiger charge is 2.74. The van der Waals surface area contributed by atoms with Crippen LogP contribution in [0.15, 0.2) is 24.3 Å². The number of alkyl halides is 3. The normalized spacial score (nSPS) is 27.5. The predicted molar refractivity (Wildman–Crippen MR) is 48.6 cm³/mol. The van der Waals surface area contributed by atoms with Crippen molar-refractivity contribution in [2.75, 3.05) is 0 Å². The summed E-state index contributed by atoms with van der Waals surface area (Å²) in [4.78, 5) is 0. The van der Waals surface area contributed by atoms with Crippen LogP contribution in [0.5, 0.6) is 0 Å². The van der Waals surface area contributed by atoms with Crippen LogP contribution in [0, 0.1) is 0 Å². The molecular formula is C9H8BF3O2. The fourth-order valence-electron chi connectivity index (χ4n) is 1.52. The molecule has 1 aliphatic carbocycles. The number of hydrogen-bond donors (Lipinski definition) is 2. The standard InChI is InChI=1S/C9H8BF3O2/c11-8(5-9(8,12)13)6-2-1-3-7(4-6)10(14)15/h1-4,14-15H,5H2. The molecule has 80 valence electrons. The molecule has 2 rings (SSSR count). The van der Waals surface area contributed by atoms with Crippen molar-refractivity contribution in [2.24, 2.45) is 0 Å². The molecule has 1 aliphatic rings. The molecule has 1 unspecified atom stereocenters. The van der Waals surface area contributed by atoms with E-state index in [0.717, 1.165) is 6.07 Å². The molecule has 15 heavy (non-hydrogen) atoms. The fourth-order valence-corrected chi connectivity index (χ4v) is 1.52. The van der Waals surface area contributed by atoms with E-state index in [1.807, 2.05) is 0 Å². The van der Waals surface area contributed by atoms with Gasteiger partial charge in [-0.25, -0.2) is 13.2 Å². The van der Waals surface area contributed by atoms with Crippen LogP contribution in [0.4, 0.5) is 13.2 Å². The molecule has 0 aliphatic heterocycles. The van der Waals surface area contributed by atoms with E-state index in [-0.39, 0.29) is 11.0 Å². The zero-order valence-electron chi connectivity index (χ0n) is 7.62. The van der Waals surface area contributed by atoms with E-state index in [1.54, 1.807) is 0 Å². The maximum atomic E-state index is 13.5. The summed E-state index contributed by atoms with van der Waals surface area (Å²) < 4.78 is 38.9. The number of hydrogen-bond acceptors (Lipinski definition) is 2. The van der Waals surface area contributed by atoms with Gasteiger partial charge in [0.2, 0.25) is 5.67 Å². The first kappa shape index (κ1) is 10.5. The summed E-state index contributed by atoms with van der Waals surface area (Å²) in [6, 6.07) is 4.91. The van der Waals surface area contributed by atoms with Crippen molar-refractivity contribution in [3.8, 4) is 0 Å². The monoisotopic (exact) mass is 216 g/mol. The lowest BCUT2D eigenvalue weighted by atomic mass is 9.79. The average molecular weight is 216 g/mol. The maximum Gasteiger partial charge on any atom is 0.488 e. The number of rotatable bonds is 2. The van der Waals surface area contributed by atoms with Gasteiger partial charge in [0, 0.05) is 0 Å². The predicted octanol–water partition coefficient (Wildman–Crippen LogP) is 0.570. The molecule has 2 N–H and O–H groups in total. The summed E-state index contributed by atoms with van der Waals surface area (Å²) in [5.41, 5.74) is -2.84. The second-order valence-corrected chi connectivity index (χ2v) is 3.68. The largest absolute Gasteiger partial charge is 0.488 e. The van der Waals surface area contributed by atoms with E-state index < -0.39 is 25.1 Å². The average Bonchev–Trinajstić information content (AvgIpc) is 2.68. The third-order valence-electron chi connectivity index (χ3n) is 2.56. The maximum absolute atomic E-state index is 13.5. The van der Waals surface area contributed by atoms with Crippen molar-refractivity contribution >= 4 is 12.6 Å². The van der Waals surface area contributed by atoms with Gasteiger partial charge in [0.15, 0.2) is 0 Å². The minimum absolute atomic E-state index is 0.00669. The topological polar surface area (TPSA) is 40.5 Å². The van der Waals surface area contributed by atoms with Crippen molar-refractivity contribution in [2.45, 2.75) is 18.0 Å². The molecule has 0 radical (unpaired) electrons. The zero-order chi connectivity index (χ0) is 11.3. The Morgan fingerprint density at radius 2 is 1.80 bits per heavy atom. The molecular weight excluding hydrogens is 208 g/mol. The summed E-state index contributed by atoms with van der Waals surface area (Å²) in [6.07, 6.45) is -0.842. The Balaban J connectivity index is 2.35. The third-order valence-corrected chi connectivity index (χ3v) is 2.56. The molecule has 1 atom stereocenters. The Morgan fingerprint density at radius 3 is 2.27 bits per heavy atom. The van der Waals surface area contributed by atoms with Crippen LogP contribution in [0.2, 0.25) is 0 Å². The minimum Gasteiger partial charge on any atom is -0.423 e. The van der Waals surface area contributed by atoms with E-state index in [2.05, 4.69) is 0 Å². The van der Waals surface area contributed by atoms with E-state index in [4.69, 9.17) is 10.0 Å². The number of benzene rings is 1. The van der Waals surface area contributed by atoms with Gasteiger partial charge in [-0.2, -0.15) is 0 Å². The lowest BCUT2D eigenvalue weighted by Gasteiger charge is -2.08.